The standard InChI is InChI=1S/C21H24N2O3.Na/c24-20(25)15-7-2-1-3-10-16-22-18-13-8-9-14-19(18)23(21(22)26)17-11-5-4-6-12-17;/h4-6,8-9,11-14H,1-3,7,10,15-16H2,(H,24,25);/q;+1/p-1. The van der Waals surface area contributed by atoms with Gasteiger partial charge in [-0.05, 0) is 43.5 Å². The molecule has 27 heavy (non-hydrogen) atoms. The van der Waals surface area contributed by atoms with Crippen LogP contribution in [0.25, 0.3) is 16.7 Å². The number of carbonyl (C=O) groups excluding carboxylic acids is 1. The summed E-state index contributed by atoms with van der Waals surface area (Å²) in [6.07, 6.45) is 4.52. The third kappa shape index (κ3) is 5.34. The molecule has 1 heterocycles. The molecule has 136 valence electrons. The number of carbonyl (C=O) groups is 1. The number of carboxylic acids is 1. The topological polar surface area (TPSA) is 67.1 Å². The average Bonchev–Trinajstić information content (AvgIpc) is 2.93. The first kappa shape index (κ1) is 21.5. The van der Waals surface area contributed by atoms with Crippen LogP contribution >= 0.6 is 0 Å². The first-order valence-electron chi connectivity index (χ1n) is 9.14. The molecule has 1 aromatic heterocycles. The third-order valence-electron chi connectivity index (χ3n) is 4.61. The van der Waals surface area contributed by atoms with Crippen molar-refractivity contribution in [3.8, 4) is 5.69 Å². The van der Waals surface area contributed by atoms with E-state index in [-0.39, 0.29) is 41.7 Å². The van der Waals surface area contributed by atoms with E-state index in [0.29, 0.717) is 13.0 Å². The summed E-state index contributed by atoms with van der Waals surface area (Å²) in [7, 11) is 0. The summed E-state index contributed by atoms with van der Waals surface area (Å²) < 4.78 is 3.60. The maximum absolute atomic E-state index is 13.0. The zero-order chi connectivity index (χ0) is 18.4. The van der Waals surface area contributed by atoms with Gasteiger partial charge in [0.15, 0.2) is 0 Å². The number of benzene rings is 2. The molecule has 3 rings (SSSR count). The van der Waals surface area contributed by atoms with Crippen molar-refractivity contribution in [2.24, 2.45) is 0 Å². The van der Waals surface area contributed by atoms with E-state index in [1.54, 1.807) is 4.57 Å². The van der Waals surface area contributed by atoms with Crippen LogP contribution in [0.15, 0.2) is 59.4 Å². The quantitative estimate of drug-likeness (QED) is 0.388. The summed E-state index contributed by atoms with van der Waals surface area (Å²) in [4.78, 5) is 23.4. The smallest absolute Gasteiger partial charge is 0.550 e. The zero-order valence-corrected chi connectivity index (χ0v) is 17.8. The van der Waals surface area contributed by atoms with Crippen molar-refractivity contribution in [2.45, 2.75) is 45.1 Å². The molecule has 0 N–H and O–H groups in total. The number of nitrogens with zero attached hydrogens (tertiary/aromatic N) is 2. The summed E-state index contributed by atoms with van der Waals surface area (Å²) in [6, 6.07) is 17.5. The first-order chi connectivity index (χ1) is 12.7. The van der Waals surface area contributed by atoms with Crippen LogP contribution in [0, 0.1) is 0 Å². The van der Waals surface area contributed by atoms with Crippen molar-refractivity contribution in [1.82, 2.24) is 9.13 Å². The second-order valence-corrected chi connectivity index (χ2v) is 6.48. The molecular weight excluding hydrogens is 351 g/mol. The van der Waals surface area contributed by atoms with Crippen molar-refractivity contribution in [3.05, 3.63) is 65.1 Å². The Morgan fingerprint density at radius 2 is 1.41 bits per heavy atom. The van der Waals surface area contributed by atoms with E-state index in [1.165, 1.54) is 0 Å². The predicted octanol–water partition coefficient (Wildman–Crippen LogP) is -0.113. The van der Waals surface area contributed by atoms with E-state index < -0.39 is 5.97 Å². The fourth-order valence-corrected chi connectivity index (χ4v) is 3.32. The van der Waals surface area contributed by atoms with Crippen LogP contribution in [0.4, 0.5) is 0 Å². The number of rotatable bonds is 9. The largest absolute Gasteiger partial charge is 1.00 e. The van der Waals surface area contributed by atoms with E-state index in [2.05, 4.69) is 0 Å². The molecular formula is C21H23N2NaO3. The SMILES string of the molecule is O=C([O-])CCCCCCCn1c(=O)n(-c2ccccc2)c2ccccc21.[Na+]. The predicted molar refractivity (Wildman–Crippen MR) is 100 cm³/mol. The summed E-state index contributed by atoms with van der Waals surface area (Å²) in [5.74, 6) is -0.981. The Kier molecular flexibility index (Phi) is 8.35. The van der Waals surface area contributed by atoms with E-state index in [0.717, 1.165) is 42.4 Å². The molecule has 0 amide bonds. The Morgan fingerprint density at radius 1 is 0.815 bits per heavy atom. The molecule has 5 nitrogen and oxygen atoms in total. The Balaban J connectivity index is 0.00000261. The van der Waals surface area contributed by atoms with E-state index in [1.807, 2.05) is 59.2 Å². The monoisotopic (exact) mass is 374 g/mol. The molecule has 0 atom stereocenters. The molecule has 6 heteroatoms. The summed E-state index contributed by atoms with van der Waals surface area (Å²) in [5.41, 5.74) is 2.71. The van der Waals surface area contributed by atoms with Gasteiger partial charge in [0, 0.05) is 12.5 Å². The van der Waals surface area contributed by atoms with Crippen molar-refractivity contribution in [1.29, 1.82) is 0 Å². The van der Waals surface area contributed by atoms with Gasteiger partial charge in [0.05, 0.1) is 16.7 Å². The maximum atomic E-state index is 13.0. The van der Waals surface area contributed by atoms with Gasteiger partial charge in [0.2, 0.25) is 0 Å². The third-order valence-corrected chi connectivity index (χ3v) is 4.61. The van der Waals surface area contributed by atoms with Crippen LogP contribution in [0.3, 0.4) is 0 Å². The molecule has 0 saturated carbocycles. The van der Waals surface area contributed by atoms with Gasteiger partial charge >= 0.3 is 35.2 Å². The molecule has 2 aromatic carbocycles. The van der Waals surface area contributed by atoms with Crippen molar-refractivity contribution < 1.29 is 39.5 Å². The summed E-state index contributed by atoms with van der Waals surface area (Å²) >= 11 is 0. The Bertz CT molecular complexity index is 931. The molecule has 0 fully saturated rings. The number of unbranched alkanes of at least 4 members (excludes halogenated alkanes) is 4. The maximum Gasteiger partial charge on any atom is 1.00 e. The number of carboxylic acid groups (broad SMARTS) is 1. The fourth-order valence-electron chi connectivity index (χ4n) is 3.32. The van der Waals surface area contributed by atoms with Gasteiger partial charge < -0.3 is 9.90 Å². The number of aromatic nitrogens is 2. The van der Waals surface area contributed by atoms with Gasteiger partial charge in [0.1, 0.15) is 0 Å². The van der Waals surface area contributed by atoms with Gasteiger partial charge in [-0.1, -0.05) is 49.6 Å². The fraction of sp³-hybridized carbons (Fsp3) is 0.333. The van der Waals surface area contributed by atoms with Crippen molar-refractivity contribution in [3.63, 3.8) is 0 Å². The molecule has 0 spiro atoms. The van der Waals surface area contributed by atoms with Crippen LogP contribution in [0.1, 0.15) is 38.5 Å². The summed E-state index contributed by atoms with van der Waals surface area (Å²) in [6.45, 7) is 0.666. The minimum atomic E-state index is -0.981. The second kappa shape index (κ2) is 10.5. The number of imidazole rings is 1. The number of hydrogen-bond donors (Lipinski definition) is 0. The molecule has 0 unspecified atom stereocenters. The van der Waals surface area contributed by atoms with Crippen LogP contribution in [0.2, 0.25) is 0 Å². The normalized spacial score (nSPS) is 10.7. The summed E-state index contributed by atoms with van der Waals surface area (Å²) in [5, 5.41) is 10.4. The van der Waals surface area contributed by atoms with E-state index >= 15 is 0 Å². The molecule has 0 aliphatic heterocycles. The Morgan fingerprint density at radius 3 is 2.11 bits per heavy atom. The first-order valence-corrected chi connectivity index (χ1v) is 9.14. The Hall–Kier alpha value is -1.82. The van der Waals surface area contributed by atoms with E-state index in [4.69, 9.17) is 0 Å². The second-order valence-electron chi connectivity index (χ2n) is 6.48. The number of hydrogen-bond acceptors (Lipinski definition) is 3. The number of fused-ring (bicyclic) bond motifs is 1. The molecule has 0 bridgehead atoms. The zero-order valence-electron chi connectivity index (χ0n) is 15.8. The molecule has 0 aliphatic carbocycles. The van der Waals surface area contributed by atoms with Crippen LogP contribution in [-0.2, 0) is 11.3 Å². The number of aryl methyl sites for hydroxylation is 1. The van der Waals surface area contributed by atoms with Gasteiger partial charge in [-0.25, -0.2) is 4.79 Å². The molecule has 3 aromatic rings. The van der Waals surface area contributed by atoms with E-state index in [9.17, 15) is 14.7 Å². The van der Waals surface area contributed by atoms with Crippen molar-refractivity contribution in [2.75, 3.05) is 0 Å². The van der Waals surface area contributed by atoms with Gasteiger partial charge in [-0.2, -0.15) is 0 Å². The average molecular weight is 374 g/mol. The van der Waals surface area contributed by atoms with Gasteiger partial charge in [-0.15, -0.1) is 0 Å². The minimum absolute atomic E-state index is 0. The Labute approximate surface area is 180 Å². The van der Waals surface area contributed by atoms with Crippen LogP contribution < -0.4 is 40.4 Å². The molecule has 0 saturated heterocycles. The van der Waals surface area contributed by atoms with Crippen LogP contribution in [0.5, 0.6) is 0 Å². The number of aliphatic carboxylic acids is 1. The van der Waals surface area contributed by atoms with Gasteiger partial charge in [0.25, 0.3) is 0 Å². The minimum Gasteiger partial charge on any atom is -0.550 e. The van der Waals surface area contributed by atoms with Crippen LogP contribution in [-0.4, -0.2) is 15.1 Å². The van der Waals surface area contributed by atoms with Gasteiger partial charge in [-0.3, -0.25) is 9.13 Å². The molecule has 0 radical (unpaired) electrons. The number of para-hydroxylation sites is 3. The van der Waals surface area contributed by atoms with Crippen molar-refractivity contribution >= 4 is 17.0 Å². The molecule has 0 aliphatic rings.